The number of hydrogen-bond acceptors (Lipinski definition) is 5. The number of benzene rings is 1. The van der Waals surface area contributed by atoms with E-state index in [4.69, 9.17) is 17.3 Å². The molecule has 2 aliphatic heterocycles. The number of carbonyl (C=O) groups is 2. The van der Waals surface area contributed by atoms with Gasteiger partial charge in [0.05, 0.1) is 12.6 Å². The minimum absolute atomic E-state index is 0. The van der Waals surface area contributed by atoms with Crippen molar-refractivity contribution in [3.8, 4) is 0 Å². The summed E-state index contributed by atoms with van der Waals surface area (Å²) in [5.74, 6) is -0.0784. The van der Waals surface area contributed by atoms with Gasteiger partial charge < -0.3 is 26.2 Å². The molecule has 4 N–H and O–H groups in total. The van der Waals surface area contributed by atoms with Crippen LogP contribution in [0.2, 0.25) is 5.02 Å². The lowest BCUT2D eigenvalue weighted by Gasteiger charge is -2.37. The lowest BCUT2D eigenvalue weighted by Crippen LogP contribution is -2.53. The van der Waals surface area contributed by atoms with E-state index in [1.807, 2.05) is 29.2 Å². The van der Waals surface area contributed by atoms with Crippen LogP contribution in [-0.4, -0.2) is 68.1 Å². The number of rotatable bonds is 4. The lowest BCUT2D eigenvalue weighted by molar-refractivity contribution is -0.133. The van der Waals surface area contributed by atoms with Crippen LogP contribution < -0.4 is 21.3 Å². The number of carbonyl (C=O) groups excluding carboxylic acids is 2. The van der Waals surface area contributed by atoms with E-state index < -0.39 is 0 Å². The molecule has 0 bridgehead atoms. The van der Waals surface area contributed by atoms with Crippen molar-refractivity contribution in [2.75, 3.05) is 44.2 Å². The van der Waals surface area contributed by atoms with Gasteiger partial charge in [-0.2, -0.15) is 0 Å². The molecule has 0 saturated carbocycles. The average molecular weight is 439 g/mol. The molecule has 0 spiro atoms. The fourth-order valence-corrected chi connectivity index (χ4v) is 3.58. The molecule has 1 aromatic carbocycles. The van der Waals surface area contributed by atoms with Gasteiger partial charge >= 0.3 is 0 Å². The predicted molar refractivity (Wildman–Crippen MR) is 112 cm³/mol. The van der Waals surface area contributed by atoms with Crippen LogP contribution in [0.4, 0.5) is 5.69 Å². The maximum atomic E-state index is 12.7. The van der Waals surface area contributed by atoms with Crippen LogP contribution in [0.5, 0.6) is 0 Å². The summed E-state index contributed by atoms with van der Waals surface area (Å²) in [6, 6.07) is 7.51. The Balaban J connectivity index is 0.00000182. The molecule has 10 heteroatoms. The van der Waals surface area contributed by atoms with Crippen molar-refractivity contribution in [3.63, 3.8) is 0 Å². The number of nitrogens with two attached hydrogens (primary N) is 1. The zero-order valence-electron chi connectivity index (χ0n) is 14.9. The number of piperazine rings is 1. The molecule has 1 aromatic rings. The number of hydrogen-bond donors (Lipinski definition) is 3. The first-order chi connectivity index (χ1) is 12.1. The maximum Gasteiger partial charge on any atom is 0.239 e. The zero-order chi connectivity index (χ0) is 17.8. The topological polar surface area (TPSA) is 90.7 Å². The SMILES string of the molecule is Cl.Cl.NCC(=O)NC1CN[C@@H](C(=O)N2CCN(c3cccc(Cl)c3)CC2)C1. The van der Waals surface area contributed by atoms with Crippen molar-refractivity contribution in [2.45, 2.75) is 18.5 Å². The van der Waals surface area contributed by atoms with E-state index in [-0.39, 0.29) is 55.3 Å². The van der Waals surface area contributed by atoms with Crippen LogP contribution in [0.3, 0.4) is 0 Å². The molecule has 2 saturated heterocycles. The first-order valence-electron chi connectivity index (χ1n) is 8.59. The first kappa shape index (κ1) is 23.8. The average Bonchev–Trinajstić information content (AvgIpc) is 3.09. The Bertz CT molecular complexity index is 641. The van der Waals surface area contributed by atoms with Gasteiger partial charge in [-0.25, -0.2) is 0 Å². The van der Waals surface area contributed by atoms with Crippen molar-refractivity contribution in [2.24, 2.45) is 5.73 Å². The summed E-state index contributed by atoms with van der Waals surface area (Å²) in [6.07, 6.45) is 0.610. The Morgan fingerprint density at radius 3 is 2.56 bits per heavy atom. The Morgan fingerprint density at radius 1 is 1.22 bits per heavy atom. The number of amides is 2. The minimum atomic E-state index is -0.235. The lowest BCUT2D eigenvalue weighted by atomic mass is 10.1. The summed E-state index contributed by atoms with van der Waals surface area (Å²) in [6.45, 7) is 3.51. The summed E-state index contributed by atoms with van der Waals surface area (Å²) in [5.41, 5.74) is 6.40. The predicted octanol–water partition coefficient (Wildman–Crippen LogP) is 0.638. The number of anilines is 1. The van der Waals surface area contributed by atoms with Crippen molar-refractivity contribution < 1.29 is 9.59 Å². The Hall–Kier alpha value is -1.25. The van der Waals surface area contributed by atoms with Gasteiger partial charge in [0.15, 0.2) is 0 Å². The molecule has 2 aliphatic rings. The van der Waals surface area contributed by atoms with E-state index in [9.17, 15) is 9.59 Å². The molecule has 7 nitrogen and oxygen atoms in total. The number of nitrogens with zero attached hydrogens (tertiary/aromatic N) is 2. The van der Waals surface area contributed by atoms with Gasteiger partial charge in [0.2, 0.25) is 11.8 Å². The maximum absolute atomic E-state index is 12.7. The molecule has 1 unspecified atom stereocenters. The monoisotopic (exact) mass is 437 g/mol. The van der Waals surface area contributed by atoms with Crippen LogP contribution >= 0.6 is 36.4 Å². The van der Waals surface area contributed by atoms with Crippen LogP contribution in [0.15, 0.2) is 24.3 Å². The van der Waals surface area contributed by atoms with Crippen LogP contribution in [0.25, 0.3) is 0 Å². The van der Waals surface area contributed by atoms with Gasteiger partial charge in [0, 0.05) is 49.5 Å². The van der Waals surface area contributed by atoms with Gasteiger partial charge in [0.1, 0.15) is 0 Å². The highest BCUT2D eigenvalue weighted by atomic mass is 35.5. The fourth-order valence-electron chi connectivity index (χ4n) is 3.40. The van der Waals surface area contributed by atoms with E-state index in [1.165, 1.54) is 0 Å². The smallest absolute Gasteiger partial charge is 0.239 e. The molecule has 0 aromatic heterocycles. The molecule has 0 radical (unpaired) electrons. The Labute approximate surface area is 176 Å². The molecule has 2 atom stereocenters. The largest absolute Gasteiger partial charge is 0.368 e. The van der Waals surface area contributed by atoms with Gasteiger partial charge in [-0.05, 0) is 24.6 Å². The highest BCUT2D eigenvalue weighted by molar-refractivity contribution is 6.30. The molecule has 152 valence electrons. The second kappa shape index (κ2) is 10.9. The molecule has 2 fully saturated rings. The second-order valence-electron chi connectivity index (χ2n) is 6.46. The van der Waals surface area contributed by atoms with Crippen molar-refractivity contribution in [3.05, 3.63) is 29.3 Å². The van der Waals surface area contributed by atoms with E-state index in [2.05, 4.69) is 15.5 Å². The van der Waals surface area contributed by atoms with Gasteiger partial charge in [0.25, 0.3) is 0 Å². The van der Waals surface area contributed by atoms with Gasteiger partial charge in [-0.1, -0.05) is 17.7 Å². The third-order valence-electron chi connectivity index (χ3n) is 4.74. The minimum Gasteiger partial charge on any atom is -0.368 e. The van der Waals surface area contributed by atoms with Gasteiger partial charge in [-0.15, -0.1) is 24.8 Å². The quantitative estimate of drug-likeness (QED) is 0.642. The molecular weight excluding hydrogens is 413 g/mol. The Kier molecular flexibility index (Phi) is 9.62. The molecule has 2 amide bonds. The van der Waals surface area contributed by atoms with Gasteiger partial charge in [-0.3, -0.25) is 9.59 Å². The van der Waals surface area contributed by atoms with Crippen molar-refractivity contribution in [1.82, 2.24) is 15.5 Å². The normalized spacial score (nSPS) is 21.9. The van der Waals surface area contributed by atoms with Crippen molar-refractivity contribution in [1.29, 1.82) is 0 Å². The fraction of sp³-hybridized carbons (Fsp3) is 0.529. The second-order valence-corrected chi connectivity index (χ2v) is 6.89. The highest BCUT2D eigenvalue weighted by Gasteiger charge is 2.34. The number of nitrogens with one attached hydrogen (secondary N) is 2. The molecule has 0 aliphatic carbocycles. The standard InChI is InChI=1S/C17H24ClN5O2.2ClH/c18-12-2-1-3-14(8-12)22-4-6-23(7-5-22)17(25)15-9-13(11-20-15)21-16(24)10-19;;/h1-3,8,13,15,20H,4-7,9-11,19H2,(H,21,24);2*1H/t13?,15-;;/m1../s1. The van der Waals surface area contributed by atoms with Crippen LogP contribution in [0, 0.1) is 0 Å². The molecule has 3 rings (SSSR count). The molecular formula is C17H26Cl3N5O2. The summed E-state index contributed by atoms with van der Waals surface area (Å²) in [7, 11) is 0. The summed E-state index contributed by atoms with van der Waals surface area (Å²) < 4.78 is 0. The third-order valence-corrected chi connectivity index (χ3v) is 4.98. The highest BCUT2D eigenvalue weighted by Crippen LogP contribution is 2.21. The summed E-state index contributed by atoms with van der Waals surface area (Å²) >= 11 is 6.05. The van der Waals surface area contributed by atoms with Crippen LogP contribution in [-0.2, 0) is 9.59 Å². The van der Waals surface area contributed by atoms with E-state index in [0.717, 1.165) is 23.8 Å². The third kappa shape index (κ3) is 6.12. The zero-order valence-corrected chi connectivity index (χ0v) is 17.3. The summed E-state index contributed by atoms with van der Waals surface area (Å²) in [4.78, 5) is 28.2. The Morgan fingerprint density at radius 2 is 1.93 bits per heavy atom. The van der Waals surface area contributed by atoms with Crippen molar-refractivity contribution >= 4 is 53.9 Å². The molecule has 2 heterocycles. The number of halogens is 3. The first-order valence-corrected chi connectivity index (χ1v) is 8.96. The van der Waals surface area contributed by atoms with E-state index in [0.29, 0.717) is 26.1 Å². The summed E-state index contributed by atoms with van der Waals surface area (Å²) in [5, 5.41) is 6.76. The van der Waals surface area contributed by atoms with E-state index in [1.54, 1.807) is 0 Å². The van der Waals surface area contributed by atoms with Crippen LogP contribution in [0.1, 0.15) is 6.42 Å². The van der Waals surface area contributed by atoms with E-state index >= 15 is 0 Å². The molecule has 27 heavy (non-hydrogen) atoms.